The first kappa shape index (κ1) is 19.2. The lowest BCUT2D eigenvalue weighted by molar-refractivity contribution is 0.212. The minimum Gasteiger partial charge on any atom is -0.324 e. The number of urea groups is 1. The molecule has 1 aromatic rings. The number of nitrogens with one attached hydrogen (secondary N) is 1. The summed E-state index contributed by atoms with van der Waals surface area (Å²) < 4.78 is 27.3. The molecule has 6 nitrogen and oxygen atoms in total. The van der Waals surface area contributed by atoms with Crippen molar-refractivity contribution in [2.24, 2.45) is 11.8 Å². The van der Waals surface area contributed by atoms with Crippen molar-refractivity contribution in [2.45, 2.75) is 38.9 Å². The Hall–Kier alpha value is -1.60. The average molecular weight is 380 g/mol. The maximum Gasteiger partial charge on any atom is 0.321 e. The minimum absolute atomic E-state index is 0.120. The van der Waals surface area contributed by atoms with E-state index in [1.165, 1.54) is 0 Å². The Kier molecular flexibility index (Phi) is 5.58. The van der Waals surface area contributed by atoms with Gasteiger partial charge in [0.1, 0.15) is 0 Å². The number of benzene rings is 1. The summed E-state index contributed by atoms with van der Waals surface area (Å²) in [6.45, 7) is 8.31. The number of likely N-dealkylation sites (tertiary alicyclic amines) is 1. The molecule has 2 heterocycles. The van der Waals surface area contributed by atoms with Crippen molar-refractivity contribution in [2.75, 3.05) is 31.5 Å². The summed E-state index contributed by atoms with van der Waals surface area (Å²) in [6.07, 6.45) is 1.25. The molecule has 0 aliphatic carbocycles. The zero-order valence-electron chi connectivity index (χ0n) is 15.8. The van der Waals surface area contributed by atoms with Gasteiger partial charge in [0.25, 0.3) is 0 Å². The Balaban J connectivity index is 1.65. The number of hydrogen-bond acceptors (Lipinski definition) is 3. The Morgan fingerprint density at radius 3 is 2.62 bits per heavy atom. The normalized spacial score (nSPS) is 25.8. The van der Waals surface area contributed by atoms with E-state index in [2.05, 4.69) is 5.32 Å². The van der Waals surface area contributed by atoms with Crippen LogP contribution < -0.4 is 5.32 Å². The smallest absolute Gasteiger partial charge is 0.321 e. The zero-order valence-corrected chi connectivity index (χ0v) is 16.6. The van der Waals surface area contributed by atoms with Crippen LogP contribution in [0, 0.1) is 18.8 Å². The number of sulfonamides is 1. The fourth-order valence-electron chi connectivity index (χ4n) is 3.99. The fourth-order valence-corrected chi connectivity index (χ4v) is 6.39. The highest BCUT2D eigenvalue weighted by Crippen LogP contribution is 2.34. The van der Waals surface area contributed by atoms with Crippen LogP contribution in [0.4, 0.5) is 10.5 Å². The predicted molar refractivity (Wildman–Crippen MR) is 104 cm³/mol. The molecule has 0 radical (unpaired) electrons. The first-order valence-electron chi connectivity index (χ1n) is 9.39. The van der Waals surface area contributed by atoms with E-state index in [-0.39, 0.29) is 17.2 Å². The Bertz CT molecular complexity index is 763. The number of amides is 2. The van der Waals surface area contributed by atoms with E-state index in [1.54, 1.807) is 9.21 Å². The first-order valence-corrected chi connectivity index (χ1v) is 10.9. The van der Waals surface area contributed by atoms with Crippen molar-refractivity contribution < 1.29 is 13.2 Å². The number of carbonyl (C=O) groups excluding carboxylic acids is 1. The molecule has 1 aromatic carbocycles. The standard InChI is InChI=1S/C19H29N3O3S/c1-14(2)12-22-13-16-8-10-21(11-9-18(16)26(22,24)25)19(23)20-17-7-5-4-6-15(17)3/h4-7,14,16,18H,8-13H2,1-3H3,(H,20,23)/t16-,18+/m0/s1. The number of aryl methyl sites for hydroxylation is 1. The molecule has 2 atom stereocenters. The topological polar surface area (TPSA) is 69.7 Å². The van der Waals surface area contributed by atoms with Crippen LogP contribution in [0.15, 0.2) is 24.3 Å². The largest absolute Gasteiger partial charge is 0.324 e. The summed E-state index contributed by atoms with van der Waals surface area (Å²) >= 11 is 0. The van der Waals surface area contributed by atoms with Crippen LogP contribution >= 0.6 is 0 Å². The van der Waals surface area contributed by atoms with Gasteiger partial charge in [-0.15, -0.1) is 0 Å². The molecule has 0 spiro atoms. The fraction of sp³-hybridized carbons (Fsp3) is 0.632. The maximum absolute atomic E-state index is 12.8. The Morgan fingerprint density at radius 1 is 1.23 bits per heavy atom. The number of rotatable bonds is 3. The summed E-state index contributed by atoms with van der Waals surface area (Å²) in [7, 11) is -3.25. The average Bonchev–Trinajstić information content (AvgIpc) is 2.73. The van der Waals surface area contributed by atoms with E-state index in [0.717, 1.165) is 17.7 Å². The van der Waals surface area contributed by atoms with Crippen LogP contribution in [0.3, 0.4) is 0 Å². The molecule has 7 heteroatoms. The molecule has 144 valence electrons. The number of anilines is 1. The van der Waals surface area contributed by atoms with Crippen LogP contribution in [-0.2, 0) is 10.0 Å². The second-order valence-electron chi connectivity index (χ2n) is 7.86. The van der Waals surface area contributed by atoms with Crippen molar-refractivity contribution in [3.8, 4) is 0 Å². The molecule has 2 amide bonds. The van der Waals surface area contributed by atoms with E-state index in [9.17, 15) is 13.2 Å². The molecule has 2 aliphatic heterocycles. The van der Waals surface area contributed by atoms with Gasteiger partial charge >= 0.3 is 6.03 Å². The molecule has 0 saturated carbocycles. The molecule has 3 rings (SSSR count). The van der Waals surface area contributed by atoms with E-state index in [1.807, 2.05) is 45.0 Å². The number of carbonyl (C=O) groups is 1. The van der Waals surface area contributed by atoms with Gasteiger partial charge in [-0.1, -0.05) is 32.0 Å². The summed E-state index contributed by atoms with van der Waals surface area (Å²) in [6, 6.07) is 7.53. The minimum atomic E-state index is -3.25. The highest BCUT2D eigenvalue weighted by atomic mass is 32.2. The molecule has 2 fully saturated rings. The number of fused-ring (bicyclic) bond motifs is 1. The van der Waals surface area contributed by atoms with Gasteiger partial charge in [-0.2, -0.15) is 0 Å². The quantitative estimate of drug-likeness (QED) is 0.878. The van der Waals surface area contributed by atoms with Crippen LogP contribution in [0.25, 0.3) is 0 Å². The second-order valence-corrected chi connectivity index (χ2v) is 10.0. The van der Waals surface area contributed by atoms with E-state index in [4.69, 9.17) is 0 Å². The maximum atomic E-state index is 12.8. The lowest BCUT2D eigenvalue weighted by Crippen LogP contribution is -2.38. The molecular formula is C19H29N3O3S. The van der Waals surface area contributed by atoms with Gasteiger partial charge in [-0.25, -0.2) is 17.5 Å². The third-order valence-corrected chi connectivity index (χ3v) is 7.81. The van der Waals surface area contributed by atoms with Gasteiger partial charge in [0.05, 0.1) is 5.25 Å². The highest BCUT2D eigenvalue weighted by molar-refractivity contribution is 7.90. The van der Waals surface area contributed by atoms with Gasteiger partial charge in [0, 0.05) is 31.9 Å². The highest BCUT2D eigenvalue weighted by Gasteiger charge is 2.47. The second kappa shape index (κ2) is 7.56. The third kappa shape index (κ3) is 3.88. The summed E-state index contributed by atoms with van der Waals surface area (Å²) in [5.41, 5.74) is 1.82. The Morgan fingerprint density at radius 2 is 1.92 bits per heavy atom. The lowest BCUT2D eigenvalue weighted by Gasteiger charge is -2.23. The monoisotopic (exact) mass is 379 g/mol. The van der Waals surface area contributed by atoms with E-state index < -0.39 is 10.0 Å². The Labute approximate surface area is 156 Å². The van der Waals surface area contributed by atoms with Crippen molar-refractivity contribution in [1.82, 2.24) is 9.21 Å². The third-order valence-electron chi connectivity index (χ3n) is 5.40. The number of hydrogen-bond donors (Lipinski definition) is 1. The number of para-hydroxylation sites is 1. The molecule has 2 aliphatic rings. The van der Waals surface area contributed by atoms with Crippen LogP contribution in [0.1, 0.15) is 32.3 Å². The van der Waals surface area contributed by atoms with Gasteiger partial charge in [-0.3, -0.25) is 0 Å². The van der Waals surface area contributed by atoms with Gasteiger partial charge in [0.2, 0.25) is 10.0 Å². The molecule has 0 bridgehead atoms. The molecule has 26 heavy (non-hydrogen) atoms. The van der Waals surface area contributed by atoms with Gasteiger partial charge < -0.3 is 10.2 Å². The molecular weight excluding hydrogens is 350 g/mol. The summed E-state index contributed by atoms with van der Waals surface area (Å²) in [5.74, 6) is 0.443. The van der Waals surface area contributed by atoms with Crippen LogP contribution in [0.2, 0.25) is 0 Å². The van der Waals surface area contributed by atoms with Crippen LogP contribution in [0.5, 0.6) is 0 Å². The van der Waals surface area contributed by atoms with Gasteiger partial charge in [0.15, 0.2) is 0 Å². The lowest BCUT2D eigenvalue weighted by atomic mass is 10.0. The summed E-state index contributed by atoms with van der Waals surface area (Å²) in [5, 5.41) is 2.61. The summed E-state index contributed by atoms with van der Waals surface area (Å²) in [4.78, 5) is 14.4. The van der Waals surface area contributed by atoms with Crippen molar-refractivity contribution >= 4 is 21.7 Å². The van der Waals surface area contributed by atoms with Crippen molar-refractivity contribution in [3.05, 3.63) is 29.8 Å². The predicted octanol–water partition coefficient (Wildman–Crippen LogP) is 2.91. The van der Waals surface area contributed by atoms with Crippen molar-refractivity contribution in [1.29, 1.82) is 0 Å². The molecule has 1 N–H and O–H groups in total. The van der Waals surface area contributed by atoms with E-state index in [0.29, 0.717) is 38.5 Å². The molecule has 0 unspecified atom stereocenters. The van der Waals surface area contributed by atoms with Gasteiger partial charge in [-0.05, 0) is 43.2 Å². The SMILES string of the molecule is Cc1ccccc1NC(=O)N1CC[C@H]2CN(CC(C)C)S(=O)(=O)[C@@H]2CC1. The van der Waals surface area contributed by atoms with Crippen molar-refractivity contribution in [3.63, 3.8) is 0 Å². The molecule has 0 aromatic heterocycles. The zero-order chi connectivity index (χ0) is 18.9. The number of nitrogens with zero attached hydrogens (tertiary/aromatic N) is 2. The van der Waals surface area contributed by atoms with E-state index >= 15 is 0 Å². The first-order chi connectivity index (χ1) is 12.3. The van der Waals surface area contributed by atoms with Crippen LogP contribution in [-0.4, -0.2) is 55.1 Å². The molecule has 2 saturated heterocycles.